The van der Waals surface area contributed by atoms with Crippen molar-refractivity contribution in [3.63, 3.8) is 0 Å². The van der Waals surface area contributed by atoms with E-state index in [9.17, 15) is 13.6 Å². The molecule has 2 aliphatic rings. The highest BCUT2D eigenvalue weighted by Gasteiger charge is 2.39. The van der Waals surface area contributed by atoms with Gasteiger partial charge in [-0.3, -0.25) is 5.10 Å². The molecular weight excluding hydrogens is 380 g/mol. The Bertz CT molecular complexity index is 1090. The smallest absolute Gasteiger partial charge is 0.341 e. The molecule has 7 nitrogen and oxygen atoms in total. The van der Waals surface area contributed by atoms with Gasteiger partial charge in [0.05, 0.1) is 30.8 Å². The SMILES string of the molecule is O=C(N1CC(Oc2ccc3cn[nH]c3c2)C1)N1N=CC[C@H]1c1cc(F)cc(F)c1. The number of aromatic nitrogens is 2. The zero-order valence-corrected chi connectivity index (χ0v) is 15.3. The predicted octanol–water partition coefficient (Wildman–Crippen LogP) is 3.46. The van der Waals surface area contributed by atoms with E-state index in [2.05, 4.69) is 15.3 Å². The van der Waals surface area contributed by atoms with Crippen LogP contribution in [0.5, 0.6) is 5.75 Å². The van der Waals surface area contributed by atoms with Crippen molar-refractivity contribution in [2.75, 3.05) is 13.1 Å². The number of rotatable bonds is 3. The predicted molar refractivity (Wildman–Crippen MR) is 102 cm³/mol. The van der Waals surface area contributed by atoms with Gasteiger partial charge in [-0.25, -0.2) is 18.6 Å². The second-order valence-corrected chi connectivity index (χ2v) is 7.14. The van der Waals surface area contributed by atoms with Crippen LogP contribution in [0.4, 0.5) is 13.6 Å². The maximum atomic E-state index is 13.6. The van der Waals surface area contributed by atoms with E-state index in [1.807, 2.05) is 18.2 Å². The van der Waals surface area contributed by atoms with Gasteiger partial charge >= 0.3 is 6.03 Å². The van der Waals surface area contributed by atoms with Gasteiger partial charge in [0.15, 0.2) is 0 Å². The van der Waals surface area contributed by atoms with E-state index in [1.54, 1.807) is 17.3 Å². The number of likely N-dealkylation sites (tertiary alicyclic amines) is 1. The number of carbonyl (C=O) groups excluding carboxylic acids is 1. The lowest BCUT2D eigenvalue weighted by atomic mass is 10.0. The summed E-state index contributed by atoms with van der Waals surface area (Å²) in [5.41, 5.74) is 1.26. The second-order valence-electron chi connectivity index (χ2n) is 7.14. The van der Waals surface area contributed by atoms with Crippen LogP contribution in [-0.4, -0.2) is 51.5 Å². The molecule has 1 atom stereocenters. The van der Waals surface area contributed by atoms with E-state index in [4.69, 9.17) is 4.74 Å². The first-order chi connectivity index (χ1) is 14.1. The minimum absolute atomic E-state index is 0.129. The number of hydrogen-bond acceptors (Lipinski definition) is 4. The zero-order valence-electron chi connectivity index (χ0n) is 15.3. The lowest BCUT2D eigenvalue weighted by Crippen LogP contribution is -2.58. The summed E-state index contributed by atoms with van der Waals surface area (Å²) < 4.78 is 33.0. The van der Waals surface area contributed by atoms with Gasteiger partial charge in [0.2, 0.25) is 0 Å². The van der Waals surface area contributed by atoms with E-state index in [-0.39, 0.29) is 12.1 Å². The largest absolute Gasteiger partial charge is 0.487 e. The fourth-order valence-corrected chi connectivity index (χ4v) is 3.64. The quantitative estimate of drug-likeness (QED) is 0.736. The first kappa shape index (κ1) is 17.6. The van der Waals surface area contributed by atoms with E-state index in [1.165, 1.54) is 17.1 Å². The Hall–Kier alpha value is -3.49. The van der Waals surface area contributed by atoms with Crippen LogP contribution in [0.1, 0.15) is 18.0 Å². The average Bonchev–Trinajstić information content (AvgIpc) is 3.31. The summed E-state index contributed by atoms with van der Waals surface area (Å²) >= 11 is 0. The number of nitrogens with one attached hydrogen (secondary N) is 1. The Labute approximate surface area is 164 Å². The van der Waals surface area contributed by atoms with Crippen molar-refractivity contribution in [2.24, 2.45) is 5.10 Å². The number of urea groups is 1. The van der Waals surface area contributed by atoms with Gasteiger partial charge in [-0.15, -0.1) is 0 Å². The molecule has 1 saturated heterocycles. The van der Waals surface area contributed by atoms with Gasteiger partial charge in [-0.05, 0) is 29.8 Å². The summed E-state index contributed by atoms with van der Waals surface area (Å²) in [5.74, 6) is -0.650. The molecule has 0 bridgehead atoms. The molecule has 3 heterocycles. The molecule has 148 valence electrons. The number of benzene rings is 2. The first-order valence-electron chi connectivity index (χ1n) is 9.23. The van der Waals surface area contributed by atoms with Gasteiger partial charge < -0.3 is 9.64 Å². The Balaban J connectivity index is 1.23. The number of carbonyl (C=O) groups is 1. The molecule has 0 radical (unpaired) electrons. The minimum atomic E-state index is -0.675. The van der Waals surface area contributed by atoms with Crippen LogP contribution in [0.3, 0.4) is 0 Å². The molecule has 5 rings (SSSR count). The summed E-state index contributed by atoms with van der Waals surface area (Å²) in [4.78, 5) is 14.4. The summed E-state index contributed by atoms with van der Waals surface area (Å²) in [6, 6.07) is 8.09. The van der Waals surface area contributed by atoms with Crippen LogP contribution in [0, 0.1) is 11.6 Å². The van der Waals surface area contributed by atoms with Gasteiger partial charge in [-0.1, -0.05) is 0 Å². The molecule has 2 aliphatic heterocycles. The third-order valence-electron chi connectivity index (χ3n) is 5.13. The minimum Gasteiger partial charge on any atom is -0.487 e. The van der Waals surface area contributed by atoms with Crippen molar-refractivity contribution in [3.8, 4) is 5.75 Å². The van der Waals surface area contributed by atoms with E-state index < -0.39 is 17.7 Å². The summed E-state index contributed by atoms with van der Waals surface area (Å²) in [6.45, 7) is 0.826. The normalized spacial score (nSPS) is 19.0. The highest BCUT2D eigenvalue weighted by atomic mass is 19.1. The van der Waals surface area contributed by atoms with Crippen molar-refractivity contribution < 1.29 is 18.3 Å². The molecule has 2 amide bonds. The van der Waals surface area contributed by atoms with Crippen molar-refractivity contribution in [1.82, 2.24) is 20.1 Å². The number of halogens is 2. The lowest BCUT2D eigenvalue weighted by molar-refractivity contribution is 0.0278. The summed E-state index contributed by atoms with van der Waals surface area (Å²) in [5, 5.41) is 13.3. The molecule has 1 N–H and O–H groups in total. The molecule has 0 aliphatic carbocycles. The first-order valence-corrected chi connectivity index (χ1v) is 9.23. The molecular formula is C20H17F2N5O2. The topological polar surface area (TPSA) is 73.8 Å². The van der Waals surface area contributed by atoms with Crippen LogP contribution in [0.15, 0.2) is 47.7 Å². The number of nitrogens with zero attached hydrogens (tertiary/aromatic N) is 4. The van der Waals surface area contributed by atoms with Gasteiger partial charge in [0.25, 0.3) is 0 Å². The number of aromatic amines is 1. The number of ether oxygens (including phenoxy) is 1. The zero-order chi connectivity index (χ0) is 20.0. The molecule has 1 aromatic heterocycles. The Kier molecular flexibility index (Phi) is 4.15. The summed E-state index contributed by atoms with van der Waals surface area (Å²) in [7, 11) is 0. The molecule has 2 aromatic carbocycles. The van der Waals surface area contributed by atoms with Crippen molar-refractivity contribution in [3.05, 3.63) is 59.8 Å². The molecule has 0 spiro atoms. The Morgan fingerprint density at radius 2 is 1.93 bits per heavy atom. The molecule has 1 fully saturated rings. The number of H-pyrrole nitrogens is 1. The fraction of sp³-hybridized carbons (Fsp3) is 0.250. The molecule has 29 heavy (non-hydrogen) atoms. The maximum Gasteiger partial charge on any atom is 0.341 e. The van der Waals surface area contributed by atoms with Crippen molar-refractivity contribution in [2.45, 2.75) is 18.6 Å². The lowest BCUT2D eigenvalue weighted by Gasteiger charge is -2.41. The third-order valence-corrected chi connectivity index (χ3v) is 5.13. The molecule has 0 saturated carbocycles. The number of hydrogen-bond donors (Lipinski definition) is 1. The monoisotopic (exact) mass is 397 g/mol. The van der Waals surface area contributed by atoms with E-state index in [0.717, 1.165) is 17.0 Å². The Morgan fingerprint density at radius 3 is 2.72 bits per heavy atom. The van der Waals surface area contributed by atoms with Crippen LogP contribution < -0.4 is 4.74 Å². The highest BCUT2D eigenvalue weighted by Crippen LogP contribution is 2.31. The van der Waals surface area contributed by atoms with E-state index >= 15 is 0 Å². The van der Waals surface area contributed by atoms with Crippen LogP contribution in [0.2, 0.25) is 0 Å². The van der Waals surface area contributed by atoms with Gasteiger partial charge in [0.1, 0.15) is 23.5 Å². The fourth-order valence-electron chi connectivity index (χ4n) is 3.64. The second kappa shape index (κ2) is 6.84. The molecule has 0 unspecified atom stereocenters. The van der Waals surface area contributed by atoms with Crippen LogP contribution >= 0.6 is 0 Å². The van der Waals surface area contributed by atoms with Crippen LogP contribution in [-0.2, 0) is 0 Å². The van der Waals surface area contributed by atoms with Crippen molar-refractivity contribution in [1.29, 1.82) is 0 Å². The molecule has 9 heteroatoms. The molecule has 3 aromatic rings. The standard InChI is InChI=1S/C20H17F2N5O2/c21-14-5-13(6-15(22)7-14)19-3-4-24-27(19)20(28)26-10-17(11-26)29-16-2-1-12-9-23-25-18(12)8-16/h1-2,4-9,17,19H,3,10-11H2,(H,23,25)/t19-/m0/s1. The third kappa shape index (κ3) is 3.28. The number of fused-ring (bicyclic) bond motifs is 1. The van der Waals surface area contributed by atoms with E-state index in [0.29, 0.717) is 30.8 Å². The summed E-state index contributed by atoms with van der Waals surface area (Å²) in [6.07, 6.45) is 3.60. The van der Waals surface area contributed by atoms with Gasteiger partial charge in [-0.2, -0.15) is 10.2 Å². The highest BCUT2D eigenvalue weighted by molar-refractivity contribution is 5.80. The average molecular weight is 397 g/mol. The van der Waals surface area contributed by atoms with Gasteiger partial charge in [0, 0.05) is 30.2 Å². The van der Waals surface area contributed by atoms with Crippen molar-refractivity contribution >= 4 is 23.1 Å². The number of amides is 2. The maximum absolute atomic E-state index is 13.6. The van der Waals surface area contributed by atoms with Crippen LogP contribution in [0.25, 0.3) is 10.9 Å². The number of hydrazone groups is 1. The Morgan fingerprint density at radius 1 is 1.14 bits per heavy atom.